The summed E-state index contributed by atoms with van der Waals surface area (Å²) in [5.41, 5.74) is 0.538. The fraction of sp³-hybridized carbons (Fsp3) is 0.455. The monoisotopic (exact) mass is 215 g/mol. The molecule has 0 heterocycles. The Morgan fingerprint density at radius 3 is 2.40 bits per heavy atom. The maximum absolute atomic E-state index is 12.8. The van der Waals surface area contributed by atoms with Gasteiger partial charge in [0.25, 0.3) is 0 Å². The second kappa shape index (κ2) is 5.78. The predicted molar refractivity (Wildman–Crippen MR) is 54.4 cm³/mol. The summed E-state index contributed by atoms with van der Waals surface area (Å²) in [7, 11) is 0. The van der Waals surface area contributed by atoms with Crippen molar-refractivity contribution in [3.8, 4) is 0 Å². The summed E-state index contributed by atoms with van der Waals surface area (Å²) in [5, 5.41) is 12.2. The van der Waals surface area contributed by atoms with E-state index in [2.05, 4.69) is 5.32 Å². The molecule has 0 spiro atoms. The van der Waals surface area contributed by atoms with E-state index in [9.17, 15) is 13.9 Å². The Morgan fingerprint density at radius 2 is 1.87 bits per heavy atom. The Kier molecular flexibility index (Phi) is 4.65. The van der Waals surface area contributed by atoms with Gasteiger partial charge in [-0.1, -0.05) is 6.92 Å². The molecule has 0 aliphatic carbocycles. The highest BCUT2D eigenvalue weighted by atomic mass is 19.1. The van der Waals surface area contributed by atoms with Gasteiger partial charge in [0, 0.05) is 19.2 Å². The fourth-order valence-electron chi connectivity index (χ4n) is 1.24. The molecule has 0 radical (unpaired) electrons. The summed E-state index contributed by atoms with van der Waals surface area (Å²) in [6.07, 6.45) is 0.244. The maximum atomic E-state index is 12.8. The molecule has 15 heavy (non-hydrogen) atoms. The summed E-state index contributed by atoms with van der Waals surface area (Å²) in [5.74, 6) is -1.16. The predicted octanol–water partition coefficient (Wildman–Crippen LogP) is 1.83. The standard InChI is InChI=1S/C11H15F2NO/c1-2-11(15)7-14-6-8-3-9(12)5-10(13)4-8/h3-5,11,14-15H,2,6-7H2,1H3. The number of aliphatic hydroxyl groups is 1. The molecule has 0 bridgehead atoms. The first kappa shape index (κ1) is 12.1. The average molecular weight is 215 g/mol. The summed E-state index contributed by atoms with van der Waals surface area (Å²) in [6.45, 7) is 2.65. The van der Waals surface area contributed by atoms with Crippen molar-refractivity contribution in [2.24, 2.45) is 0 Å². The zero-order valence-electron chi connectivity index (χ0n) is 8.63. The molecular formula is C11H15F2NO. The van der Waals surface area contributed by atoms with Gasteiger partial charge < -0.3 is 10.4 Å². The minimum atomic E-state index is -0.581. The van der Waals surface area contributed by atoms with E-state index in [1.807, 2.05) is 6.92 Å². The third kappa shape index (κ3) is 4.36. The van der Waals surface area contributed by atoms with Crippen molar-refractivity contribution >= 4 is 0 Å². The zero-order chi connectivity index (χ0) is 11.3. The number of benzene rings is 1. The Balaban J connectivity index is 2.43. The molecule has 1 rings (SSSR count). The number of rotatable bonds is 5. The number of nitrogens with one attached hydrogen (secondary N) is 1. The molecule has 0 aromatic heterocycles. The van der Waals surface area contributed by atoms with Gasteiger partial charge in [-0.2, -0.15) is 0 Å². The number of hydrogen-bond donors (Lipinski definition) is 2. The average Bonchev–Trinajstić information content (AvgIpc) is 2.16. The van der Waals surface area contributed by atoms with E-state index in [0.717, 1.165) is 6.07 Å². The van der Waals surface area contributed by atoms with Crippen LogP contribution in [0.15, 0.2) is 18.2 Å². The summed E-state index contributed by atoms with van der Waals surface area (Å²) in [6, 6.07) is 3.38. The minimum Gasteiger partial charge on any atom is -0.392 e. The van der Waals surface area contributed by atoms with Gasteiger partial charge in [0.1, 0.15) is 11.6 Å². The van der Waals surface area contributed by atoms with Crippen molar-refractivity contribution in [2.75, 3.05) is 6.54 Å². The van der Waals surface area contributed by atoms with Gasteiger partial charge in [0.15, 0.2) is 0 Å². The zero-order valence-corrected chi connectivity index (χ0v) is 8.63. The first-order chi connectivity index (χ1) is 7.11. The van der Waals surface area contributed by atoms with Gasteiger partial charge in [-0.3, -0.25) is 0 Å². The van der Waals surface area contributed by atoms with Crippen LogP contribution in [0.2, 0.25) is 0 Å². The molecule has 1 atom stereocenters. The Labute approximate surface area is 87.9 Å². The molecule has 2 N–H and O–H groups in total. The second-order valence-electron chi connectivity index (χ2n) is 3.47. The molecule has 0 saturated heterocycles. The molecule has 0 fully saturated rings. The quantitative estimate of drug-likeness (QED) is 0.785. The van der Waals surface area contributed by atoms with Crippen LogP contribution in [-0.4, -0.2) is 17.8 Å². The molecule has 0 aliphatic rings. The van der Waals surface area contributed by atoms with Gasteiger partial charge in [-0.05, 0) is 24.1 Å². The Morgan fingerprint density at radius 1 is 1.27 bits per heavy atom. The lowest BCUT2D eigenvalue weighted by atomic mass is 10.2. The van der Waals surface area contributed by atoms with Crippen LogP contribution >= 0.6 is 0 Å². The molecule has 1 aromatic rings. The molecule has 4 heteroatoms. The van der Waals surface area contributed by atoms with Gasteiger partial charge in [-0.15, -0.1) is 0 Å². The van der Waals surface area contributed by atoms with Crippen LogP contribution in [0.1, 0.15) is 18.9 Å². The van der Waals surface area contributed by atoms with E-state index in [1.54, 1.807) is 0 Å². The highest BCUT2D eigenvalue weighted by molar-refractivity contribution is 5.17. The summed E-state index contributed by atoms with van der Waals surface area (Å²) >= 11 is 0. The molecule has 0 amide bonds. The SMILES string of the molecule is CCC(O)CNCc1cc(F)cc(F)c1. The molecule has 84 valence electrons. The second-order valence-corrected chi connectivity index (χ2v) is 3.47. The third-order valence-electron chi connectivity index (χ3n) is 2.10. The number of halogens is 2. The lowest BCUT2D eigenvalue weighted by Gasteiger charge is -2.09. The van der Waals surface area contributed by atoms with Gasteiger partial charge in [-0.25, -0.2) is 8.78 Å². The number of aliphatic hydroxyl groups excluding tert-OH is 1. The van der Waals surface area contributed by atoms with E-state index in [1.165, 1.54) is 12.1 Å². The van der Waals surface area contributed by atoms with Crippen molar-refractivity contribution in [3.05, 3.63) is 35.4 Å². The lowest BCUT2D eigenvalue weighted by Crippen LogP contribution is -2.25. The number of hydrogen-bond acceptors (Lipinski definition) is 2. The van der Waals surface area contributed by atoms with E-state index in [0.29, 0.717) is 25.1 Å². The highest BCUT2D eigenvalue weighted by Gasteiger charge is 2.02. The smallest absolute Gasteiger partial charge is 0.126 e. The largest absolute Gasteiger partial charge is 0.392 e. The first-order valence-corrected chi connectivity index (χ1v) is 4.95. The van der Waals surface area contributed by atoms with Crippen LogP contribution < -0.4 is 5.32 Å². The van der Waals surface area contributed by atoms with Crippen LogP contribution in [0.5, 0.6) is 0 Å². The van der Waals surface area contributed by atoms with Gasteiger partial charge in [0.2, 0.25) is 0 Å². The Bertz CT molecular complexity index is 297. The van der Waals surface area contributed by atoms with Crippen molar-refractivity contribution in [3.63, 3.8) is 0 Å². The Hall–Kier alpha value is -1.00. The van der Waals surface area contributed by atoms with Crippen LogP contribution in [-0.2, 0) is 6.54 Å². The summed E-state index contributed by atoms with van der Waals surface area (Å²) in [4.78, 5) is 0. The van der Waals surface area contributed by atoms with E-state index in [-0.39, 0.29) is 0 Å². The van der Waals surface area contributed by atoms with Crippen molar-refractivity contribution in [2.45, 2.75) is 26.0 Å². The fourth-order valence-corrected chi connectivity index (χ4v) is 1.24. The lowest BCUT2D eigenvalue weighted by molar-refractivity contribution is 0.167. The van der Waals surface area contributed by atoms with Crippen molar-refractivity contribution < 1.29 is 13.9 Å². The molecule has 1 unspecified atom stereocenters. The van der Waals surface area contributed by atoms with Crippen LogP contribution in [0.4, 0.5) is 8.78 Å². The first-order valence-electron chi connectivity index (χ1n) is 4.95. The molecule has 2 nitrogen and oxygen atoms in total. The topological polar surface area (TPSA) is 32.3 Å². The van der Waals surface area contributed by atoms with Crippen molar-refractivity contribution in [1.29, 1.82) is 0 Å². The molecule has 0 aliphatic heterocycles. The maximum Gasteiger partial charge on any atom is 0.126 e. The highest BCUT2D eigenvalue weighted by Crippen LogP contribution is 2.07. The van der Waals surface area contributed by atoms with E-state index in [4.69, 9.17) is 0 Å². The molecule has 1 aromatic carbocycles. The third-order valence-corrected chi connectivity index (χ3v) is 2.10. The normalized spacial score (nSPS) is 12.8. The van der Waals surface area contributed by atoms with Crippen LogP contribution in [0.25, 0.3) is 0 Å². The van der Waals surface area contributed by atoms with Crippen LogP contribution in [0.3, 0.4) is 0 Å². The van der Waals surface area contributed by atoms with Crippen molar-refractivity contribution in [1.82, 2.24) is 5.32 Å². The van der Waals surface area contributed by atoms with E-state index >= 15 is 0 Å². The minimum absolute atomic E-state index is 0.353. The van der Waals surface area contributed by atoms with E-state index < -0.39 is 17.7 Å². The molecule has 0 saturated carbocycles. The van der Waals surface area contributed by atoms with Gasteiger partial charge >= 0.3 is 0 Å². The molecular weight excluding hydrogens is 200 g/mol. The van der Waals surface area contributed by atoms with Crippen LogP contribution in [0, 0.1) is 11.6 Å². The summed E-state index contributed by atoms with van der Waals surface area (Å²) < 4.78 is 25.5. The van der Waals surface area contributed by atoms with Gasteiger partial charge in [0.05, 0.1) is 6.10 Å².